The molecular formula is C21H21N3O3. The predicted molar refractivity (Wildman–Crippen MR) is 107 cm³/mol. The highest BCUT2D eigenvalue weighted by Crippen LogP contribution is 2.27. The molecule has 0 heterocycles. The summed E-state index contributed by atoms with van der Waals surface area (Å²) in [5.41, 5.74) is 3.18. The zero-order valence-corrected chi connectivity index (χ0v) is 15.1. The SMILES string of the molecule is COCCCNC(=O)C(=O)N/N=C\c1c2ccccc2cc2ccccc12. The van der Waals surface area contributed by atoms with E-state index in [1.165, 1.54) is 0 Å². The first-order valence-electron chi connectivity index (χ1n) is 8.71. The van der Waals surface area contributed by atoms with Crippen LogP contribution in [0.25, 0.3) is 21.5 Å². The Morgan fingerprint density at radius 3 is 2.26 bits per heavy atom. The highest BCUT2D eigenvalue weighted by molar-refractivity contribution is 6.35. The van der Waals surface area contributed by atoms with Crippen LogP contribution in [0.2, 0.25) is 0 Å². The van der Waals surface area contributed by atoms with Gasteiger partial charge in [-0.25, -0.2) is 5.43 Å². The summed E-state index contributed by atoms with van der Waals surface area (Å²) in [6, 6.07) is 18.1. The van der Waals surface area contributed by atoms with Crippen molar-refractivity contribution in [1.82, 2.24) is 10.7 Å². The summed E-state index contributed by atoms with van der Waals surface area (Å²) in [6.45, 7) is 0.895. The van der Waals surface area contributed by atoms with Crippen LogP contribution in [0.1, 0.15) is 12.0 Å². The van der Waals surface area contributed by atoms with Gasteiger partial charge in [0.05, 0.1) is 6.21 Å². The molecule has 0 spiro atoms. The molecule has 0 fully saturated rings. The topological polar surface area (TPSA) is 79.8 Å². The number of benzene rings is 3. The maximum atomic E-state index is 11.9. The van der Waals surface area contributed by atoms with E-state index in [9.17, 15) is 9.59 Å². The lowest BCUT2D eigenvalue weighted by Crippen LogP contribution is -2.38. The molecule has 0 saturated carbocycles. The van der Waals surface area contributed by atoms with Crippen LogP contribution in [0.15, 0.2) is 59.7 Å². The quantitative estimate of drug-likeness (QED) is 0.232. The van der Waals surface area contributed by atoms with Crippen molar-refractivity contribution in [2.45, 2.75) is 6.42 Å². The number of fused-ring (bicyclic) bond motifs is 2. The molecule has 6 heteroatoms. The van der Waals surface area contributed by atoms with E-state index in [1.807, 2.05) is 48.5 Å². The lowest BCUT2D eigenvalue weighted by Gasteiger charge is -2.08. The monoisotopic (exact) mass is 363 g/mol. The second-order valence-corrected chi connectivity index (χ2v) is 6.03. The smallest absolute Gasteiger partial charge is 0.329 e. The third kappa shape index (κ3) is 4.48. The first-order chi connectivity index (χ1) is 13.2. The molecule has 3 aromatic carbocycles. The predicted octanol–water partition coefficient (Wildman–Crippen LogP) is 2.60. The number of amides is 2. The van der Waals surface area contributed by atoms with Crippen molar-refractivity contribution in [3.63, 3.8) is 0 Å². The summed E-state index contributed by atoms with van der Waals surface area (Å²) < 4.78 is 4.89. The van der Waals surface area contributed by atoms with E-state index >= 15 is 0 Å². The zero-order valence-electron chi connectivity index (χ0n) is 15.1. The normalized spacial score (nSPS) is 11.1. The van der Waals surface area contributed by atoms with Crippen molar-refractivity contribution in [2.75, 3.05) is 20.3 Å². The maximum absolute atomic E-state index is 11.9. The van der Waals surface area contributed by atoms with E-state index in [2.05, 4.69) is 21.9 Å². The minimum Gasteiger partial charge on any atom is -0.385 e. The Labute approximate surface area is 157 Å². The second kappa shape index (κ2) is 8.91. The Morgan fingerprint density at radius 2 is 1.63 bits per heavy atom. The molecule has 6 nitrogen and oxygen atoms in total. The number of carbonyl (C=O) groups excluding carboxylic acids is 2. The molecule has 0 bridgehead atoms. The Morgan fingerprint density at radius 1 is 1.00 bits per heavy atom. The van der Waals surface area contributed by atoms with Crippen LogP contribution in [-0.2, 0) is 14.3 Å². The molecule has 0 aliphatic carbocycles. The Bertz CT molecular complexity index is 944. The summed E-state index contributed by atoms with van der Waals surface area (Å²) in [4.78, 5) is 23.6. The van der Waals surface area contributed by atoms with Gasteiger partial charge in [-0.05, 0) is 34.0 Å². The largest absolute Gasteiger partial charge is 0.385 e. The van der Waals surface area contributed by atoms with Gasteiger partial charge in [0.25, 0.3) is 0 Å². The van der Waals surface area contributed by atoms with Crippen molar-refractivity contribution in [3.05, 3.63) is 60.2 Å². The molecule has 0 saturated heterocycles. The van der Waals surface area contributed by atoms with Gasteiger partial charge < -0.3 is 10.1 Å². The van der Waals surface area contributed by atoms with Crippen LogP contribution in [0.5, 0.6) is 0 Å². The van der Waals surface area contributed by atoms with Gasteiger partial charge in [-0.2, -0.15) is 5.10 Å². The highest BCUT2D eigenvalue weighted by atomic mass is 16.5. The van der Waals surface area contributed by atoms with Gasteiger partial charge in [0.1, 0.15) is 0 Å². The van der Waals surface area contributed by atoms with Crippen molar-refractivity contribution in [2.24, 2.45) is 5.10 Å². The molecule has 27 heavy (non-hydrogen) atoms. The third-order valence-electron chi connectivity index (χ3n) is 4.19. The van der Waals surface area contributed by atoms with Gasteiger partial charge in [0.2, 0.25) is 0 Å². The van der Waals surface area contributed by atoms with Gasteiger partial charge in [0.15, 0.2) is 0 Å². The second-order valence-electron chi connectivity index (χ2n) is 6.03. The molecule has 3 aromatic rings. The standard InChI is InChI=1S/C21H21N3O3/c1-27-12-6-11-22-20(25)21(26)24-23-14-19-17-9-4-2-7-15(17)13-16-8-3-5-10-18(16)19/h2-5,7-10,13-14H,6,11-12H2,1H3,(H,22,25)(H,24,26)/b23-14-. The van der Waals surface area contributed by atoms with Crippen molar-refractivity contribution < 1.29 is 14.3 Å². The average Bonchev–Trinajstić information content (AvgIpc) is 2.70. The fourth-order valence-corrected chi connectivity index (χ4v) is 2.89. The van der Waals surface area contributed by atoms with Crippen LogP contribution in [-0.4, -0.2) is 38.3 Å². The van der Waals surface area contributed by atoms with Crippen LogP contribution in [0.3, 0.4) is 0 Å². The first kappa shape index (κ1) is 18.5. The molecule has 2 amide bonds. The lowest BCUT2D eigenvalue weighted by molar-refractivity contribution is -0.139. The molecular weight excluding hydrogens is 342 g/mol. The van der Waals surface area contributed by atoms with Crippen LogP contribution in [0.4, 0.5) is 0 Å². The molecule has 2 N–H and O–H groups in total. The Hall–Kier alpha value is -3.25. The van der Waals surface area contributed by atoms with Crippen molar-refractivity contribution in [1.29, 1.82) is 0 Å². The molecule has 138 valence electrons. The maximum Gasteiger partial charge on any atom is 0.329 e. The average molecular weight is 363 g/mol. The number of ether oxygens (including phenoxy) is 1. The number of nitrogens with one attached hydrogen (secondary N) is 2. The van der Waals surface area contributed by atoms with E-state index < -0.39 is 11.8 Å². The Kier molecular flexibility index (Phi) is 6.12. The fourth-order valence-electron chi connectivity index (χ4n) is 2.89. The van der Waals surface area contributed by atoms with E-state index in [0.29, 0.717) is 19.6 Å². The van der Waals surface area contributed by atoms with Crippen LogP contribution >= 0.6 is 0 Å². The molecule has 0 atom stereocenters. The third-order valence-corrected chi connectivity index (χ3v) is 4.19. The lowest BCUT2D eigenvalue weighted by atomic mass is 9.97. The number of hydrogen-bond acceptors (Lipinski definition) is 4. The minimum atomic E-state index is -0.798. The van der Waals surface area contributed by atoms with Gasteiger partial charge in [-0.3, -0.25) is 9.59 Å². The van der Waals surface area contributed by atoms with Gasteiger partial charge >= 0.3 is 11.8 Å². The summed E-state index contributed by atoms with van der Waals surface area (Å²) in [6.07, 6.45) is 2.22. The van der Waals surface area contributed by atoms with E-state index in [0.717, 1.165) is 27.1 Å². The number of rotatable bonds is 6. The number of hydrogen-bond donors (Lipinski definition) is 2. The van der Waals surface area contributed by atoms with Crippen molar-refractivity contribution >= 4 is 39.6 Å². The van der Waals surface area contributed by atoms with E-state index in [4.69, 9.17) is 4.74 Å². The Balaban J connectivity index is 1.77. The van der Waals surface area contributed by atoms with E-state index in [-0.39, 0.29) is 0 Å². The number of carbonyl (C=O) groups is 2. The molecule has 0 unspecified atom stereocenters. The molecule has 0 radical (unpaired) electrons. The molecule has 0 aliphatic heterocycles. The van der Waals surface area contributed by atoms with Gasteiger partial charge in [-0.1, -0.05) is 48.5 Å². The molecule has 0 aromatic heterocycles. The first-order valence-corrected chi connectivity index (χ1v) is 8.71. The zero-order chi connectivity index (χ0) is 19.1. The highest BCUT2D eigenvalue weighted by Gasteiger charge is 2.11. The number of nitrogens with zero attached hydrogens (tertiary/aromatic N) is 1. The summed E-state index contributed by atoms with van der Waals surface area (Å²) in [5, 5.41) is 10.7. The summed E-state index contributed by atoms with van der Waals surface area (Å²) in [5.74, 6) is -1.51. The van der Waals surface area contributed by atoms with Crippen LogP contribution in [0, 0.1) is 0 Å². The molecule has 0 aliphatic rings. The number of hydrazone groups is 1. The fraction of sp³-hybridized carbons (Fsp3) is 0.190. The molecule has 3 rings (SSSR count). The van der Waals surface area contributed by atoms with Crippen LogP contribution < -0.4 is 10.7 Å². The van der Waals surface area contributed by atoms with Gasteiger partial charge in [-0.15, -0.1) is 0 Å². The minimum absolute atomic E-state index is 0.373. The van der Waals surface area contributed by atoms with E-state index in [1.54, 1.807) is 13.3 Å². The van der Waals surface area contributed by atoms with Gasteiger partial charge in [0, 0.05) is 25.8 Å². The summed E-state index contributed by atoms with van der Waals surface area (Å²) in [7, 11) is 1.58. The summed E-state index contributed by atoms with van der Waals surface area (Å²) >= 11 is 0. The van der Waals surface area contributed by atoms with Crippen molar-refractivity contribution in [3.8, 4) is 0 Å². The number of methoxy groups -OCH3 is 1.